The molecule has 0 aromatic heterocycles. The van der Waals surface area contributed by atoms with Crippen molar-refractivity contribution >= 4 is 33.6 Å². The standard InChI is InChI=1S/C9H9N3O4S/c10-7-2-1-6(5-8(7)17(14,15)16)12-9(13)3-4-11-12/h1-2,4-5H,3,10H2,(H,14,15,16). The number of nitrogens with two attached hydrogens (primary N) is 1. The molecular formula is C9H9N3O4S. The summed E-state index contributed by atoms with van der Waals surface area (Å²) < 4.78 is 31.0. The SMILES string of the molecule is Nc1ccc(N2N=CCC2=O)cc1S(=O)(=O)O. The fourth-order valence-corrected chi connectivity index (χ4v) is 2.08. The second-order valence-electron chi connectivity index (χ2n) is 3.40. The number of carbonyl (C=O) groups excluding carboxylic acids is 1. The first kappa shape index (κ1) is 11.6. The molecule has 90 valence electrons. The average Bonchev–Trinajstić information content (AvgIpc) is 2.63. The van der Waals surface area contributed by atoms with E-state index in [4.69, 9.17) is 10.3 Å². The van der Waals surface area contributed by atoms with Crippen LogP contribution in [-0.4, -0.2) is 25.1 Å². The van der Waals surface area contributed by atoms with E-state index in [2.05, 4.69) is 5.10 Å². The van der Waals surface area contributed by atoms with E-state index in [1.165, 1.54) is 18.3 Å². The Morgan fingerprint density at radius 3 is 2.65 bits per heavy atom. The minimum Gasteiger partial charge on any atom is -0.398 e. The first-order valence-electron chi connectivity index (χ1n) is 4.62. The van der Waals surface area contributed by atoms with Gasteiger partial charge in [-0.3, -0.25) is 9.35 Å². The van der Waals surface area contributed by atoms with Gasteiger partial charge in [0, 0.05) is 6.21 Å². The van der Waals surface area contributed by atoms with Crippen LogP contribution in [0.3, 0.4) is 0 Å². The molecule has 0 saturated carbocycles. The molecule has 0 spiro atoms. The fourth-order valence-electron chi connectivity index (χ4n) is 1.44. The van der Waals surface area contributed by atoms with Crippen molar-refractivity contribution in [3.8, 4) is 0 Å². The Kier molecular flexibility index (Phi) is 2.60. The Hall–Kier alpha value is -1.93. The third kappa shape index (κ3) is 2.12. The van der Waals surface area contributed by atoms with Gasteiger partial charge in [0.1, 0.15) is 4.90 Å². The minimum atomic E-state index is -4.42. The van der Waals surface area contributed by atoms with Crippen molar-refractivity contribution in [1.29, 1.82) is 0 Å². The van der Waals surface area contributed by atoms with Gasteiger partial charge in [0.05, 0.1) is 17.8 Å². The van der Waals surface area contributed by atoms with Gasteiger partial charge in [0.15, 0.2) is 0 Å². The van der Waals surface area contributed by atoms with Crippen LogP contribution < -0.4 is 10.7 Å². The van der Waals surface area contributed by atoms with Crippen molar-refractivity contribution in [2.75, 3.05) is 10.7 Å². The van der Waals surface area contributed by atoms with Gasteiger partial charge in [0.2, 0.25) is 0 Å². The number of anilines is 2. The maximum absolute atomic E-state index is 11.4. The van der Waals surface area contributed by atoms with E-state index >= 15 is 0 Å². The Bertz CT molecular complexity index is 609. The van der Waals surface area contributed by atoms with Crippen LogP contribution >= 0.6 is 0 Å². The molecule has 0 unspecified atom stereocenters. The van der Waals surface area contributed by atoms with Crippen LogP contribution in [0.2, 0.25) is 0 Å². The van der Waals surface area contributed by atoms with Crippen LogP contribution in [0.4, 0.5) is 11.4 Å². The molecule has 0 aliphatic carbocycles. The van der Waals surface area contributed by atoms with Gasteiger partial charge < -0.3 is 5.73 Å². The molecule has 7 nitrogen and oxygen atoms in total. The molecule has 0 radical (unpaired) electrons. The molecule has 0 saturated heterocycles. The summed E-state index contributed by atoms with van der Waals surface area (Å²) in [6, 6.07) is 3.84. The number of nitrogens with zero attached hydrogens (tertiary/aromatic N) is 2. The summed E-state index contributed by atoms with van der Waals surface area (Å²) in [6.07, 6.45) is 1.57. The van der Waals surface area contributed by atoms with Crippen LogP contribution in [0.25, 0.3) is 0 Å². The van der Waals surface area contributed by atoms with Crippen LogP contribution in [0.1, 0.15) is 6.42 Å². The molecule has 0 atom stereocenters. The summed E-state index contributed by atoms with van der Waals surface area (Å²) in [5.74, 6) is -0.281. The van der Waals surface area contributed by atoms with Gasteiger partial charge in [-0.1, -0.05) is 0 Å². The van der Waals surface area contributed by atoms with E-state index in [1.54, 1.807) is 0 Å². The number of hydrogen-bond acceptors (Lipinski definition) is 5. The number of benzene rings is 1. The highest BCUT2D eigenvalue weighted by atomic mass is 32.2. The zero-order chi connectivity index (χ0) is 12.6. The number of nitrogen functional groups attached to an aromatic ring is 1. The zero-order valence-electron chi connectivity index (χ0n) is 8.57. The van der Waals surface area contributed by atoms with E-state index in [1.807, 2.05) is 0 Å². The van der Waals surface area contributed by atoms with Crippen molar-refractivity contribution in [2.45, 2.75) is 11.3 Å². The Morgan fingerprint density at radius 1 is 1.41 bits per heavy atom. The highest BCUT2D eigenvalue weighted by Crippen LogP contribution is 2.26. The summed E-state index contributed by atoms with van der Waals surface area (Å²) in [4.78, 5) is 10.9. The summed E-state index contributed by atoms with van der Waals surface area (Å²) in [7, 11) is -4.42. The van der Waals surface area contributed by atoms with Gasteiger partial charge in [0.25, 0.3) is 16.0 Å². The molecule has 2 rings (SSSR count). The van der Waals surface area contributed by atoms with Crippen LogP contribution in [0, 0.1) is 0 Å². The Labute approximate surface area is 97.3 Å². The van der Waals surface area contributed by atoms with Crippen molar-refractivity contribution in [1.82, 2.24) is 0 Å². The molecular weight excluding hydrogens is 246 g/mol. The summed E-state index contributed by atoms with van der Waals surface area (Å²) in [5, 5.41) is 4.83. The van der Waals surface area contributed by atoms with Crippen molar-refractivity contribution in [2.24, 2.45) is 5.10 Å². The van der Waals surface area contributed by atoms with Crippen LogP contribution in [0.15, 0.2) is 28.2 Å². The van der Waals surface area contributed by atoms with Crippen LogP contribution in [-0.2, 0) is 14.9 Å². The molecule has 1 aromatic rings. The quantitative estimate of drug-likeness (QED) is 0.580. The van der Waals surface area contributed by atoms with Gasteiger partial charge in [-0.15, -0.1) is 0 Å². The van der Waals surface area contributed by atoms with E-state index in [9.17, 15) is 13.2 Å². The van der Waals surface area contributed by atoms with E-state index in [0.29, 0.717) is 0 Å². The molecule has 17 heavy (non-hydrogen) atoms. The van der Waals surface area contributed by atoms with Gasteiger partial charge >= 0.3 is 0 Å². The molecule has 1 aliphatic rings. The molecule has 8 heteroatoms. The summed E-state index contributed by atoms with van der Waals surface area (Å²) in [6.45, 7) is 0. The van der Waals surface area contributed by atoms with E-state index < -0.39 is 15.0 Å². The lowest BCUT2D eigenvalue weighted by Gasteiger charge is -2.13. The number of hydrogen-bond donors (Lipinski definition) is 2. The Morgan fingerprint density at radius 2 is 2.12 bits per heavy atom. The van der Waals surface area contributed by atoms with Crippen molar-refractivity contribution in [3.05, 3.63) is 18.2 Å². The second-order valence-corrected chi connectivity index (χ2v) is 4.79. The second kappa shape index (κ2) is 3.82. The monoisotopic (exact) mass is 255 g/mol. The topological polar surface area (TPSA) is 113 Å². The molecule has 1 aliphatic heterocycles. The van der Waals surface area contributed by atoms with Gasteiger partial charge in [-0.05, 0) is 18.2 Å². The molecule has 1 amide bonds. The normalized spacial score (nSPS) is 15.6. The highest BCUT2D eigenvalue weighted by molar-refractivity contribution is 7.86. The average molecular weight is 255 g/mol. The highest BCUT2D eigenvalue weighted by Gasteiger charge is 2.22. The number of rotatable bonds is 2. The maximum atomic E-state index is 11.4. The lowest BCUT2D eigenvalue weighted by Crippen LogP contribution is -2.20. The van der Waals surface area contributed by atoms with Gasteiger partial charge in [-0.2, -0.15) is 13.5 Å². The van der Waals surface area contributed by atoms with Crippen molar-refractivity contribution < 1.29 is 17.8 Å². The molecule has 3 N–H and O–H groups in total. The predicted octanol–water partition coefficient (Wildman–Crippen LogP) is 0.238. The molecule has 1 heterocycles. The summed E-state index contributed by atoms with van der Waals surface area (Å²) >= 11 is 0. The zero-order valence-corrected chi connectivity index (χ0v) is 9.38. The smallest absolute Gasteiger partial charge is 0.296 e. The maximum Gasteiger partial charge on any atom is 0.296 e. The Balaban J connectivity index is 2.52. The number of carbonyl (C=O) groups is 1. The van der Waals surface area contributed by atoms with Crippen LogP contribution in [0.5, 0.6) is 0 Å². The molecule has 0 bridgehead atoms. The predicted molar refractivity (Wildman–Crippen MR) is 61.3 cm³/mol. The lowest BCUT2D eigenvalue weighted by atomic mass is 10.2. The first-order valence-corrected chi connectivity index (χ1v) is 6.06. The molecule has 1 aromatic carbocycles. The van der Waals surface area contributed by atoms with E-state index in [-0.39, 0.29) is 23.7 Å². The lowest BCUT2D eigenvalue weighted by molar-refractivity contribution is -0.116. The third-order valence-electron chi connectivity index (χ3n) is 2.22. The molecule has 0 fully saturated rings. The van der Waals surface area contributed by atoms with Crippen molar-refractivity contribution in [3.63, 3.8) is 0 Å². The van der Waals surface area contributed by atoms with E-state index in [0.717, 1.165) is 11.1 Å². The first-order chi connectivity index (χ1) is 7.89. The number of amides is 1. The third-order valence-corrected chi connectivity index (χ3v) is 3.13. The summed E-state index contributed by atoms with van der Waals surface area (Å²) in [5.41, 5.74) is 5.58. The largest absolute Gasteiger partial charge is 0.398 e. The fraction of sp³-hybridized carbons (Fsp3) is 0.111. The van der Waals surface area contributed by atoms with Gasteiger partial charge in [-0.25, -0.2) is 5.01 Å². The minimum absolute atomic E-state index is 0.0909. The number of hydrazone groups is 1.